The Morgan fingerprint density at radius 3 is 2.35 bits per heavy atom. The first kappa shape index (κ1) is 13.7. The van der Waals surface area contributed by atoms with Crippen molar-refractivity contribution in [3.05, 3.63) is 11.1 Å². The van der Waals surface area contributed by atoms with Crippen molar-refractivity contribution in [2.45, 2.75) is 40.0 Å². The summed E-state index contributed by atoms with van der Waals surface area (Å²) in [6.07, 6.45) is 3.61. The van der Waals surface area contributed by atoms with E-state index in [1.807, 2.05) is 0 Å². The number of hydrogen-bond donors (Lipinski definition) is 2. The van der Waals surface area contributed by atoms with Gasteiger partial charge in [0.05, 0.1) is 0 Å². The predicted octanol–water partition coefficient (Wildman–Crippen LogP) is 1.96. The second kappa shape index (κ2) is 5.84. The van der Waals surface area contributed by atoms with Gasteiger partial charge in [-0.05, 0) is 32.1 Å². The lowest BCUT2D eigenvalue weighted by atomic mass is 9.98. The molecule has 0 radical (unpaired) electrons. The molecule has 4 heteroatoms. The van der Waals surface area contributed by atoms with Crippen LogP contribution in [-0.4, -0.2) is 23.5 Å². The molecule has 0 spiro atoms. The zero-order chi connectivity index (χ0) is 13.0. The molecule has 1 amide bonds. The van der Waals surface area contributed by atoms with Gasteiger partial charge in [-0.1, -0.05) is 19.8 Å². The van der Waals surface area contributed by atoms with Gasteiger partial charge in [0, 0.05) is 17.7 Å². The third-order valence-corrected chi connectivity index (χ3v) is 3.79. The van der Waals surface area contributed by atoms with Gasteiger partial charge in [-0.15, -0.1) is 0 Å². The van der Waals surface area contributed by atoms with Gasteiger partial charge in [-0.25, -0.2) is 4.79 Å². The maximum Gasteiger partial charge on any atom is 0.331 e. The standard InChI is InChI=1S/C13H21NO3/c1-8-5-4-6-11(8)7-14-12(15)9(2)10(3)13(16)17/h8,11H,4-7H2,1-3H3,(H,14,15)(H,16,17). The Balaban J connectivity index is 2.50. The topological polar surface area (TPSA) is 66.4 Å². The van der Waals surface area contributed by atoms with Crippen molar-refractivity contribution in [2.24, 2.45) is 11.8 Å². The molecule has 0 aliphatic heterocycles. The zero-order valence-electron chi connectivity index (χ0n) is 10.7. The van der Waals surface area contributed by atoms with Gasteiger partial charge in [0.2, 0.25) is 5.91 Å². The Kier molecular flexibility index (Phi) is 4.73. The smallest absolute Gasteiger partial charge is 0.331 e. The largest absolute Gasteiger partial charge is 0.478 e. The maximum atomic E-state index is 11.7. The van der Waals surface area contributed by atoms with E-state index in [1.165, 1.54) is 19.8 Å². The fourth-order valence-electron chi connectivity index (χ4n) is 2.21. The molecule has 4 nitrogen and oxygen atoms in total. The van der Waals surface area contributed by atoms with E-state index in [2.05, 4.69) is 12.2 Å². The number of hydrogen-bond acceptors (Lipinski definition) is 2. The van der Waals surface area contributed by atoms with Gasteiger partial charge < -0.3 is 10.4 Å². The highest BCUT2D eigenvalue weighted by Gasteiger charge is 2.24. The van der Waals surface area contributed by atoms with Crippen LogP contribution in [0.15, 0.2) is 11.1 Å². The van der Waals surface area contributed by atoms with Crippen LogP contribution >= 0.6 is 0 Å². The maximum absolute atomic E-state index is 11.7. The highest BCUT2D eigenvalue weighted by atomic mass is 16.4. The first-order valence-electron chi connectivity index (χ1n) is 6.12. The van der Waals surface area contributed by atoms with Crippen LogP contribution in [-0.2, 0) is 9.59 Å². The molecule has 2 unspecified atom stereocenters. The molecule has 0 aromatic carbocycles. The number of carbonyl (C=O) groups excluding carboxylic acids is 1. The van der Waals surface area contributed by atoms with Gasteiger partial charge in [0.1, 0.15) is 0 Å². The monoisotopic (exact) mass is 239 g/mol. The SMILES string of the molecule is CC(C(=O)O)=C(C)C(=O)NCC1CCCC1C. The lowest BCUT2D eigenvalue weighted by Gasteiger charge is -2.16. The molecule has 1 aliphatic carbocycles. The number of rotatable bonds is 4. The van der Waals surface area contributed by atoms with Crippen LogP contribution in [0.1, 0.15) is 40.0 Å². The summed E-state index contributed by atoms with van der Waals surface area (Å²) < 4.78 is 0. The minimum absolute atomic E-state index is 0.113. The third-order valence-electron chi connectivity index (χ3n) is 3.79. The highest BCUT2D eigenvalue weighted by molar-refractivity contribution is 6.01. The Hall–Kier alpha value is -1.32. The van der Waals surface area contributed by atoms with Gasteiger partial charge in [-0.2, -0.15) is 0 Å². The van der Waals surface area contributed by atoms with E-state index in [4.69, 9.17) is 5.11 Å². The summed E-state index contributed by atoms with van der Waals surface area (Å²) in [5.74, 6) is -0.104. The fourth-order valence-corrected chi connectivity index (χ4v) is 2.21. The fraction of sp³-hybridized carbons (Fsp3) is 0.692. The van der Waals surface area contributed by atoms with Crippen LogP contribution in [0.2, 0.25) is 0 Å². The molecule has 0 heterocycles. The van der Waals surface area contributed by atoms with Crippen LogP contribution in [0.4, 0.5) is 0 Å². The number of carboxylic acids is 1. The van der Waals surface area contributed by atoms with E-state index in [1.54, 1.807) is 6.92 Å². The van der Waals surface area contributed by atoms with E-state index in [-0.39, 0.29) is 11.5 Å². The Morgan fingerprint density at radius 1 is 1.24 bits per heavy atom. The average molecular weight is 239 g/mol. The summed E-state index contributed by atoms with van der Waals surface area (Å²) in [6.45, 7) is 5.87. The Morgan fingerprint density at radius 2 is 1.88 bits per heavy atom. The van der Waals surface area contributed by atoms with Crippen LogP contribution in [0, 0.1) is 11.8 Å². The van der Waals surface area contributed by atoms with E-state index >= 15 is 0 Å². The molecule has 2 atom stereocenters. The zero-order valence-corrected chi connectivity index (χ0v) is 10.7. The van der Waals surface area contributed by atoms with Crippen LogP contribution < -0.4 is 5.32 Å². The Labute approximate surface area is 102 Å². The number of carboxylic acid groups (broad SMARTS) is 1. The molecule has 1 rings (SSSR count). The molecule has 96 valence electrons. The van der Waals surface area contributed by atoms with Gasteiger partial charge in [-0.3, -0.25) is 4.79 Å². The minimum atomic E-state index is -1.04. The molecule has 1 saturated carbocycles. The van der Waals surface area contributed by atoms with Crippen LogP contribution in [0.3, 0.4) is 0 Å². The van der Waals surface area contributed by atoms with Crippen molar-refractivity contribution in [3.63, 3.8) is 0 Å². The summed E-state index contributed by atoms with van der Waals surface area (Å²) >= 11 is 0. The molecule has 17 heavy (non-hydrogen) atoms. The number of amides is 1. The molecule has 2 N–H and O–H groups in total. The first-order valence-corrected chi connectivity index (χ1v) is 6.12. The first-order chi connectivity index (χ1) is 7.93. The van der Waals surface area contributed by atoms with Gasteiger partial charge >= 0.3 is 5.97 Å². The van der Waals surface area contributed by atoms with Crippen LogP contribution in [0.25, 0.3) is 0 Å². The Bertz CT molecular complexity index is 347. The second-order valence-electron chi connectivity index (χ2n) is 4.93. The third kappa shape index (κ3) is 3.58. The molecule has 0 saturated heterocycles. The molecular weight excluding hydrogens is 218 g/mol. The molecular formula is C13H21NO3. The minimum Gasteiger partial charge on any atom is -0.478 e. The quantitative estimate of drug-likeness (QED) is 0.737. The summed E-state index contributed by atoms with van der Waals surface area (Å²) in [6, 6.07) is 0. The average Bonchev–Trinajstić information content (AvgIpc) is 2.69. The van der Waals surface area contributed by atoms with Crippen molar-refractivity contribution in [1.82, 2.24) is 5.32 Å². The van der Waals surface area contributed by atoms with Gasteiger partial charge in [0.15, 0.2) is 0 Å². The lowest BCUT2D eigenvalue weighted by molar-refractivity contribution is -0.133. The molecule has 1 fully saturated rings. The molecule has 0 aromatic heterocycles. The van der Waals surface area contributed by atoms with E-state index in [9.17, 15) is 9.59 Å². The van der Waals surface area contributed by atoms with E-state index in [0.29, 0.717) is 24.0 Å². The van der Waals surface area contributed by atoms with Crippen molar-refractivity contribution in [2.75, 3.05) is 6.54 Å². The summed E-state index contributed by atoms with van der Waals surface area (Å²) in [4.78, 5) is 22.4. The number of carbonyl (C=O) groups is 2. The van der Waals surface area contributed by atoms with Crippen LogP contribution in [0.5, 0.6) is 0 Å². The van der Waals surface area contributed by atoms with Crippen molar-refractivity contribution in [3.8, 4) is 0 Å². The van der Waals surface area contributed by atoms with Crippen molar-refractivity contribution >= 4 is 11.9 Å². The molecule has 0 bridgehead atoms. The van der Waals surface area contributed by atoms with Crippen molar-refractivity contribution < 1.29 is 14.7 Å². The molecule has 1 aliphatic rings. The number of nitrogens with one attached hydrogen (secondary N) is 1. The predicted molar refractivity (Wildman–Crippen MR) is 65.5 cm³/mol. The summed E-state index contributed by atoms with van der Waals surface area (Å²) in [5, 5.41) is 11.6. The summed E-state index contributed by atoms with van der Waals surface area (Å²) in [5.41, 5.74) is 0.408. The van der Waals surface area contributed by atoms with Gasteiger partial charge in [0.25, 0.3) is 0 Å². The number of aliphatic carboxylic acids is 1. The molecule has 0 aromatic rings. The van der Waals surface area contributed by atoms with E-state index in [0.717, 1.165) is 6.42 Å². The highest BCUT2D eigenvalue weighted by Crippen LogP contribution is 2.30. The second-order valence-corrected chi connectivity index (χ2v) is 4.93. The lowest BCUT2D eigenvalue weighted by Crippen LogP contribution is -2.31. The van der Waals surface area contributed by atoms with Crippen molar-refractivity contribution in [1.29, 1.82) is 0 Å². The van der Waals surface area contributed by atoms with E-state index < -0.39 is 5.97 Å². The normalized spacial score (nSPS) is 25.4. The summed E-state index contributed by atoms with van der Waals surface area (Å²) in [7, 11) is 0.